The number of hydrogen-bond acceptors (Lipinski definition) is 5. The van der Waals surface area contributed by atoms with Gasteiger partial charge in [0.2, 0.25) is 17.7 Å². The molecule has 0 fully saturated rings. The van der Waals surface area contributed by atoms with Gasteiger partial charge in [0.1, 0.15) is 30.3 Å². The number of carbonyl (C=O) groups excluding carboxylic acids is 4. The summed E-state index contributed by atoms with van der Waals surface area (Å²) < 4.78 is 19.2. The third-order valence-electron chi connectivity index (χ3n) is 7.25. The molecule has 0 bridgehead atoms. The number of nitrogens with zero attached hydrogens (tertiary/aromatic N) is 1. The molecule has 4 amide bonds. The van der Waals surface area contributed by atoms with Crippen molar-refractivity contribution in [2.75, 3.05) is 26.7 Å². The minimum Gasteiger partial charge on any atom is -0.491 e. The first-order valence-corrected chi connectivity index (χ1v) is 14.0. The van der Waals surface area contributed by atoms with Gasteiger partial charge in [-0.3, -0.25) is 19.2 Å². The van der Waals surface area contributed by atoms with Gasteiger partial charge in [-0.15, -0.1) is 0 Å². The number of carbonyl (C=O) groups is 4. The van der Waals surface area contributed by atoms with E-state index in [1.165, 1.54) is 17.0 Å². The average Bonchev–Trinajstić information content (AvgIpc) is 2.94. The molecule has 41 heavy (non-hydrogen) atoms. The predicted molar refractivity (Wildman–Crippen MR) is 154 cm³/mol. The van der Waals surface area contributed by atoms with Crippen LogP contribution in [0, 0.1) is 11.7 Å². The van der Waals surface area contributed by atoms with Gasteiger partial charge < -0.3 is 25.6 Å². The van der Waals surface area contributed by atoms with Gasteiger partial charge in [-0.05, 0) is 48.6 Å². The second-order valence-corrected chi connectivity index (χ2v) is 11.5. The van der Waals surface area contributed by atoms with E-state index >= 15 is 0 Å². The molecule has 0 spiro atoms. The van der Waals surface area contributed by atoms with Crippen molar-refractivity contribution in [3.63, 3.8) is 0 Å². The number of rotatable bonds is 6. The fraction of sp³-hybridized carbons (Fsp3) is 0.484. The minimum atomic E-state index is -1.03. The van der Waals surface area contributed by atoms with E-state index in [0.717, 1.165) is 5.56 Å². The zero-order valence-electron chi connectivity index (χ0n) is 24.5. The van der Waals surface area contributed by atoms with E-state index in [2.05, 4.69) is 16.0 Å². The zero-order valence-corrected chi connectivity index (χ0v) is 24.5. The highest BCUT2D eigenvalue weighted by molar-refractivity contribution is 5.99. The summed E-state index contributed by atoms with van der Waals surface area (Å²) in [5, 5.41) is 8.51. The normalized spacial score (nSPS) is 19.3. The maximum absolute atomic E-state index is 13.4. The van der Waals surface area contributed by atoms with Crippen molar-refractivity contribution >= 4 is 23.6 Å². The van der Waals surface area contributed by atoms with Gasteiger partial charge >= 0.3 is 0 Å². The monoisotopic (exact) mass is 568 g/mol. The largest absolute Gasteiger partial charge is 0.491 e. The van der Waals surface area contributed by atoms with Gasteiger partial charge in [0.25, 0.3) is 5.91 Å². The number of para-hydroxylation sites is 1. The Hall–Kier alpha value is -3.95. The first-order valence-electron chi connectivity index (χ1n) is 14.0. The van der Waals surface area contributed by atoms with Crippen molar-refractivity contribution in [3.05, 3.63) is 65.5 Å². The van der Waals surface area contributed by atoms with Crippen LogP contribution in [0.4, 0.5) is 4.39 Å². The van der Waals surface area contributed by atoms with E-state index < -0.39 is 29.3 Å². The van der Waals surface area contributed by atoms with Gasteiger partial charge in [0.05, 0.1) is 12.1 Å². The van der Waals surface area contributed by atoms with Crippen molar-refractivity contribution in [1.29, 1.82) is 0 Å². The van der Waals surface area contributed by atoms with Crippen LogP contribution in [-0.4, -0.2) is 67.4 Å². The molecule has 2 atom stereocenters. The minimum absolute atomic E-state index is 0.0246. The van der Waals surface area contributed by atoms with Crippen LogP contribution in [0.1, 0.15) is 62.9 Å². The second-order valence-electron chi connectivity index (χ2n) is 11.5. The maximum atomic E-state index is 13.4. The van der Waals surface area contributed by atoms with Gasteiger partial charge in [0, 0.05) is 25.4 Å². The van der Waals surface area contributed by atoms with E-state index in [1.54, 1.807) is 43.4 Å². The van der Waals surface area contributed by atoms with Gasteiger partial charge in [-0.2, -0.15) is 0 Å². The quantitative estimate of drug-likeness (QED) is 0.495. The van der Waals surface area contributed by atoms with Crippen molar-refractivity contribution in [2.45, 2.75) is 64.5 Å². The second kappa shape index (κ2) is 14.1. The summed E-state index contributed by atoms with van der Waals surface area (Å²) in [6.45, 7) is 8.32. The summed E-state index contributed by atoms with van der Waals surface area (Å²) in [4.78, 5) is 54.4. The number of nitrogens with one attached hydrogen (secondary N) is 3. The lowest BCUT2D eigenvalue weighted by molar-refractivity contribution is -0.139. The molecule has 0 radical (unpaired) electrons. The summed E-state index contributed by atoms with van der Waals surface area (Å²) in [5.41, 5.74) is 0.545. The Morgan fingerprint density at radius 3 is 2.49 bits per heavy atom. The highest BCUT2D eigenvalue weighted by atomic mass is 19.1. The average molecular weight is 569 g/mol. The Morgan fingerprint density at radius 1 is 1.12 bits per heavy atom. The topological polar surface area (TPSA) is 117 Å². The number of ether oxygens (including phenoxy) is 1. The molecule has 10 heteroatoms. The summed E-state index contributed by atoms with van der Waals surface area (Å²) in [6.07, 6.45) is 0.434. The smallest absolute Gasteiger partial charge is 0.255 e. The molecule has 0 saturated heterocycles. The van der Waals surface area contributed by atoms with Crippen LogP contribution >= 0.6 is 0 Å². The molecule has 1 aliphatic heterocycles. The number of fused-ring (bicyclic) bond motifs is 1. The van der Waals surface area contributed by atoms with Crippen molar-refractivity contribution in [1.82, 2.24) is 20.9 Å². The summed E-state index contributed by atoms with van der Waals surface area (Å²) >= 11 is 0. The third kappa shape index (κ3) is 8.77. The molecule has 0 aliphatic carbocycles. The molecular weight excluding hydrogens is 527 g/mol. The van der Waals surface area contributed by atoms with E-state index in [-0.39, 0.29) is 61.7 Å². The SMILES string of the molecule is CC(C)C[C@H]1C(=O)NCCOc2ccccc2C(=O)N[C@H](C(=O)NCC(C)(C)c2ccc(F)cc2)CCC(=O)N1C. The molecule has 0 saturated carbocycles. The first-order chi connectivity index (χ1) is 19.4. The van der Waals surface area contributed by atoms with E-state index in [4.69, 9.17) is 4.74 Å². The molecule has 3 rings (SSSR count). The van der Waals surface area contributed by atoms with E-state index in [0.29, 0.717) is 12.2 Å². The molecule has 2 aromatic carbocycles. The standard InChI is InChI=1S/C31H41FN4O5/c1-20(2)18-25-30(40)33-16-17-41-26-9-7-6-8-23(26)28(38)35-24(14-15-27(37)36(25)5)29(39)34-19-31(3,4)21-10-12-22(32)13-11-21/h6-13,20,24-25H,14-19H2,1-5H3,(H,33,40)(H,34,39)(H,35,38)/t24-,25-/m0/s1. The fourth-order valence-corrected chi connectivity index (χ4v) is 4.68. The van der Waals surface area contributed by atoms with Gasteiger partial charge in [0.15, 0.2) is 0 Å². The van der Waals surface area contributed by atoms with Gasteiger partial charge in [-0.1, -0.05) is 52.0 Å². The summed E-state index contributed by atoms with van der Waals surface area (Å²) in [6, 6.07) is 11.0. The number of amides is 4. The highest BCUT2D eigenvalue weighted by Gasteiger charge is 2.31. The highest BCUT2D eigenvalue weighted by Crippen LogP contribution is 2.23. The van der Waals surface area contributed by atoms with Crippen LogP contribution < -0.4 is 20.7 Å². The van der Waals surface area contributed by atoms with Crippen LogP contribution in [0.5, 0.6) is 5.75 Å². The van der Waals surface area contributed by atoms with E-state index in [9.17, 15) is 23.6 Å². The number of halogens is 1. The lowest BCUT2D eigenvalue weighted by Crippen LogP contribution is -2.51. The van der Waals surface area contributed by atoms with Crippen molar-refractivity contribution in [2.24, 2.45) is 5.92 Å². The number of hydrogen-bond donors (Lipinski definition) is 3. The Balaban J connectivity index is 1.85. The summed E-state index contributed by atoms with van der Waals surface area (Å²) in [7, 11) is 1.58. The molecule has 2 aromatic rings. The Kier molecular flexibility index (Phi) is 10.9. The molecule has 3 N–H and O–H groups in total. The molecule has 1 heterocycles. The van der Waals surface area contributed by atoms with Crippen molar-refractivity contribution < 1.29 is 28.3 Å². The molecule has 0 unspecified atom stereocenters. The molecular formula is C31H41FN4O5. The van der Waals surface area contributed by atoms with Crippen LogP contribution in [0.2, 0.25) is 0 Å². The Bertz CT molecular complexity index is 1230. The number of likely N-dealkylation sites (N-methyl/N-ethyl adjacent to an activating group) is 1. The van der Waals surface area contributed by atoms with Crippen LogP contribution in [-0.2, 0) is 19.8 Å². The van der Waals surface area contributed by atoms with E-state index in [1.807, 2.05) is 27.7 Å². The van der Waals surface area contributed by atoms with Crippen molar-refractivity contribution in [3.8, 4) is 5.75 Å². The number of benzene rings is 2. The fourth-order valence-electron chi connectivity index (χ4n) is 4.68. The Morgan fingerprint density at radius 2 is 1.80 bits per heavy atom. The first kappa shape index (κ1) is 31.6. The van der Waals surface area contributed by atoms with Crippen LogP contribution in [0.3, 0.4) is 0 Å². The Labute approximate surface area is 241 Å². The lowest BCUT2D eigenvalue weighted by Gasteiger charge is -2.29. The summed E-state index contributed by atoms with van der Waals surface area (Å²) in [5.74, 6) is -1.44. The molecule has 222 valence electrons. The molecule has 1 aliphatic rings. The molecule has 9 nitrogen and oxygen atoms in total. The lowest BCUT2D eigenvalue weighted by atomic mass is 9.84. The van der Waals surface area contributed by atoms with Crippen LogP contribution in [0.15, 0.2) is 48.5 Å². The molecule has 0 aromatic heterocycles. The van der Waals surface area contributed by atoms with Crippen LogP contribution in [0.25, 0.3) is 0 Å². The zero-order chi connectivity index (χ0) is 30.2. The predicted octanol–water partition coefficient (Wildman–Crippen LogP) is 3.18. The maximum Gasteiger partial charge on any atom is 0.255 e. The third-order valence-corrected chi connectivity index (χ3v) is 7.25. The van der Waals surface area contributed by atoms with Gasteiger partial charge in [-0.25, -0.2) is 4.39 Å².